The summed E-state index contributed by atoms with van der Waals surface area (Å²) in [5.41, 5.74) is 6.34. The van der Waals surface area contributed by atoms with Gasteiger partial charge in [0.15, 0.2) is 0 Å². The summed E-state index contributed by atoms with van der Waals surface area (Å²) >= 11 is 0. The van der Waals surface area contributed by atoms with Crippen LogP contribution in [0.4, 0.5) is 0 Å². The van der Waals surface area contributed by atoms with Crippen molar-refractivity contribution in [2.75, 3.05) is 39.9 Å². The van der Waals surface area contributed by atoms with Crippen molar-refractivity contribution in [1.29, 1.82) is 0 Å². The third-order valence-corrected chi connectivity index (χ3v) is 5.55. The molecule has 3 aliphatic rings. The molecule has 0 aromatic carbocycles. The molecule has 0 aromatic rings. The topological polar surface area (TPSA) is 41.7 Å². The molecule has 2 aliphatic carbocycles. The lowest BCUT2D eigenvalue weighted by Gasteiger charge is -2.38. The van der Waals surface area contributed by atoms with Crippen molar-refractivity contribution in [2.45, 2.75) is 56.7 Å². The average molecular weight is 281 g/mol. The third kappa shape index (κ3) is 3.19. The van der Waals surface area contributed by atoms with Crippen molar-refractivity contribution >= 4 is 0 Å². The molecular formula is C16H31N3O. The third-order valence-electron chi connectivity index (χ3n) is 5.55. The molecule has 2 N–H and O–H groups in total. The molecular weight excluding hydrogens is 250 g/mol. The molecule has 1 saturated heterocycles. The fourth-order valence-corrected chi connectivity index (χ4v) is 3.68. The number of rotatable bonds is 8. The number of nitrogens with two attached hydrogens (primary N) is 1. The van der Waals surface area contributed by atoms with Gasteiger partial charge in [0, 0.05) is 43.9 Å². The SMILES string of the molecule is CC1CC(CN)(N(C)CCOCC2CC2)CN1C1CC1. The van der Waals surface area contributed by atoms with Crippen LogP contribution in [-0.2, 0) is 4.74 Å². The van der Waals surface area contributed by atoms with Gasteiger partial charge in [0.1, 0.15) is 0 Å². The molecule has 4 nitrogen and oxygen atoms in total. The van der Waals surface area contributed by atoms with Gasteiger partial charge in [0.2, 0.25) is 0 Å². The number of hydrogen-bond acceptors (Lipinski definition) is 4. The molecule has 4 heteroatoms. The van der Waals surface area contributed by atoms with Gasteiger partial charge in [-0.1, -0.05) is 0 Å². The molecule has 1 aliphatic heterocycles. The van der Waals surface area contributed by atoms with Crippen LogP contribution in [0.25, 0.3) is 0 Å². The zero-order valence-corrected chi connectivity index (χ0v) is 13.2. The molecule has 3 fully saturated rings. The maximum absolute atomic E-state index is 6.17. The number of nitrogens with zero attached hydrogens (tertiary/aromatic N) is 2. The maximum atomic E-state index is 6.17. The Morgan fingerprint density at radius 1 is 1.30 bits per heavy atom. The standard InChI is InChI=1S/C16H31N3O/c1-13-9-16(11-17,12-19(13)15-5-6-15)18(2)7-8-20-10-14-3-4-14/h13-15H,3-12,17H2,1-2H3. The number of ether oxygens (including phenoxy) is 1. The van der Waals surface area contributed by atoms with Crippen LogP contribution < -0.4 is 5.73 Å². The second kappa shape index (κ2) is 5.91. The summed E-state index contributed by atoms with van der Waals surface area (Å²) < 4.78 is 5.79. The summed E-state index contributed by atoms with van der Waals surface area (Å²) in [7, 11) is 2.23. The molecule has 116 valence electrons. The van der Waals surface area contributed by atoms with Crippen LogP contribution in [0, 0.1) is 5.92 Å². The Bertz CT molecular complexity index is 330. The molecule has 20 heavy (non-hydrogen) atoms. The summed E-state index contributed by atoms with van der Waals surface area (Å²) in [6.07, 6.45) is 6.73. The normalized spacial score (nSPS) is 35.1. The van der Waals surface area contributed by atoms with Crippen LogP contribution in [0.1, 0.15) is 39.0 Å². The molecule has 0 spiro atoms. The van der Waals surface area contributed by atoms with E-state index in [0.717, 1.165) is 44.8 Å². The van der Waals surface area contributed by atoms with E-state index in [0.29, 0.717) is 6.04 Å². The molecule has 2 atom stereocenters. The van der Waals surface area contributed by atoms with Crippen LogP contribution >= 0.6 is 0 Å². The monoisotopic (exact) mass is 281 g/mol. The van der Waals surface area contributed by atoms with Crippen molar-refractivity contribution in [2.24, 2.45) is 11.7 Å². The molecule has 0 aromatic heterocycles. The van der Waals surface area contributed by atoms with Gasteiger partial charge in [-0.15, -0.1) is 0 Å². The Morgan fingerprint density at radius 2 is 2.05 bits per heavy atom. The zero-order chi connectivity index (χ0) is 14.2. The van der Waals surface area contributed by atoms with Crippen LogP contribution in [0.3, 0.4) is 0 Å². The lowest BCUT2D eigenvalue weighted by molar-refractivity contribution is 0.0613. The minimum atomic E-state index is 0.172. The van der Waals surface area contributed by atoms with E-state index in [1.165, 1.54) is 32.1 Å². The van der Waals surface area contributed by atoms with Crippen LogP contribution in [0.15, 0.2) is 0 Å². The van der Waals surface area contributed by atoms with Crippen molar-refractivity contribution in [3.63, 3.8) is 0 Å². The van der Waals surface area contributed by atoms with E-state index in [4.69, 9.17) is 10.5 Å². The highest BCUT2D eigenvalue weighted by Crippen LogP contribution is 2.39. The van der Waals surface area contributed by atoms with Crippen LogP contribution in [-0.4, -0.2) is 67.3 Å². The van der Waals surface area contributed by atoms with Gasteiger partial charge >= 0.3 is 0 Å². The summed E-state index contributed by atoms with van der Waals surface area (Å²) in [5.74, 6) is 0.862. The summed E-state index contributed by atoms with van der Waals surface area (Å²) in [6, 6.07) is 1.53. The van der Waals surface area contributed by atoms with Gasteiger partial charge in [-0.3, -0.25) is 9.80 Å². The highest BCUT2D eigenvalue weighted by atomic mass is 16.5. The number of likely N-dealkylation sites (N-methyl/N-ethyl adjacent to an activating group) is 1. The Balaban J connectivity index is 1.48. The number of likely N-dealkylation sites (tertiary alicyclic amines) is 1. The largest absolute Gasteiger partial charge is 0.380 e. The van der Waals surface area contributed by atoms with Crippen LogP contribution in [0.5, 0.6) is 0 Å². The van der Waals surface area contributed by atoms with Crippen molar-refractivity contribution in [3.8, 4) is 0 Å². The molecule has 0 bridgehead atoms. The molecule has 0 radical (unpaired) electrons. The van der Waals surface area contributed by atoms with Crippen molar-refractivity contribution < 1.29 is 4.74 Å². The molecule has 3 rings (SSSR count). The summed E-state index contributed by atoms with van der Waals surface area (Å²) in [6.45, 7) is 7.11. The van der Waals surface area contributed by atoms with E-state index < -0.39 is 0 Å². The van der Waals surface area contributed by atoms with Crippen LogP contribution in [0.2, 0.25) is 0 Å². The Kier molecular flexibility index (Phi) is 4.37. The quantitative estimate of drug-likeness (QED) is 0.681. The van der Waals surface area contributed by atoms with E-state index >= 15 is 0 Å². The van der Waals surface area contributed by atoms with Gasteiger partial charge in [-0.25, -0.2) is 0 Å². The van der Waals surface area contributed by atoms with Gasteiger partial charge in [-0.05, 0) is 52.0 Å². The Labute approximate surface area is 123 Å². The maximum Gasteiger partial charge on any atom is 0.0593 e. The highest BCUT2D eigenvalue weighted by molar-refractivity contribution is 5.06. The predicted octanol–water partition coefficient (Wildman–Crippen LogP) is 1.30. The lowest BCUT2D eigenvalue weighted by Crippen LogP contribution is -2.55. The highest BCUT2D eigenvalue weighted by Gasteiger charge is 2.48. The summed E-state index contributed by atoms with van der Waals surface area (Å²) in [4.78, 5) is 5.16. The Morgan fingerprint density at radius 3 is 2.65 bits per heavy atom. The molecule has 0 amide bonds. The smallest absolute Gasteiger partial charge is 0.0593 e. The van der Waals surface area contributed by atoms with Gasteiger partial charge in [-0.2, -0.15) is 0 Å². The molecule has 2 unspecified atom stereocenters. The first-order chi connectivity index (χ1) is 9.64. The zero-order valence-electron chi connectivity index (χ0n) is 13.2. The fraction of sp³-hybridized carbons (Fsp3) is 1.00. The molecule has 2 saturated carbocycles. The first-order valence-corrected chi connectivity index (χ1v) is 8.39. The van der Waals surface area contributed by atoms with Gasteiger partial charge in [0.05, 0.1) is 6.61 Å². The van der Waals surface area contributed by atoms with E-state index in [1.807, 2.05) is 0 Å². The van der Waals surface area contributed by atoms with Crippen molar-refractivity contribution in [3.05, 3.63) is 0 Å². The summed E-state index contributed by atoms with van der Waals surface area (Å²) in [5, 5.41) is 0. The number of hydrogen-bond donors (Lipinski definition) is 1. The van der Waals surface area contributed by atoms with Gasteiger partial charge in [0.25, 0.3) is 0 Å². The fourth-order valence-electron chi connectivity index (χ4n) is 3.68. The van der Waals surface area contributed by atoms with E-state index in [1.54, 1.807) is 0 Å². The lowest BCUT2D eigenvalue weighted by atomic mass is 9.94. The van der Waals surface area contributed by atoms with E-state index in [-0.39, 0.29) is 5.54 Å². The minimum Gasteiger partial charge on any atom is -0.380 e. The second-order valence-corrected chi connectivity index (χ2v) is 7.32. The van der Waals surface area contributed by atoms with Crippen molar-refractivity contribution in [1.82, 2.24) is 9.80 Å². The predicted molar refractivity (Wildman–Crippen MR) is 81.8 cm³/mol. The first kappa shape index (κ1) is 14.8. The first-order valence-electron chi connectivity index (χ1n) is 8.39. The molecule has 1 heterocycles. The van der Waals surface area contributed by atoms with Gasteiger partial charge < -0.3 is 10.5 Å². The average Bonchev–Trinajstić information content (AvgIpc) is 3.34. The Hall–Kier alpha value is -0.160. The van der Waals surface area contributed by atoms with E-state index in [9.17, 15) is 0 Å². The minimum absolute atomic E-state index is 0.172. The van der Waals surface area contributed by atoms with E-state index in [2.05, 4.69) is 23.8 Å². The second-order valence-electron chi connectivity index (χ2n) is 7.32.